The number of rotatable bonds is 5. The van der Waals surface area contributed by atoms with Gasteiger partial charge in [-0.3, -0.25) is 4.79 Å². The summed E-state index contributed by atoms with van der Waals surface area (Å²) in [6.07, 6.45) is 1.78. The van der Waals surface area contributed by atoms with Crippen molar-refractivity contribution >= 4 is 11.8 Å². The summed E-state index contributed by atoms with van der Waals surface area (Å²) in [6, 6.07) is 15.0. The monoisotopic (exact) mass is 367 g/mol. The molecule has 0 saturated carbocycles. The number of hydrogen-bond acceptors (Lipinski definition) is 5. The van der Waals surface area contributed by atoms with E-state index < -0.39 is 5.56 Å². The predicted molar refractivity (Wildman–Crippen MR) is 97.5 cm³/mol. The first-order valence-corrected chi connectivity index (χ1v) is 8.90. The van der Waals surface area contributed by atoms with Crippen LogP contribution in [0, 0.1) is 17.1 Å². The van der Waals surface area contributed by atoms with E-state index in [-0.39, 0.29) is 23.7 Å². The first-order chi connectivity index (χ1) is 12.6. The van der Waals surface area contributed by atoms with Crippen molar-refractivity contribution in [2.75, 3.05) is 6.26 Å². The Kier molecular flexibility index (Phi) is 5.34. The van der Waals surface area contributed by atoms with Gasteiger partial charge in [0.2, 0.25) is 0 Å². The van der Waals surface area contributed by atoms with Gasteiger partial charge in [-0.15, -0.1) is 0 Å². The molecule has 2 aromatic carbocycles. The lowest BCUT2D eigenvalue weighted by molar-refractivity contribution is 0.307. The van der Waals surface area contributed by atoms with Crippen molar-refractivity contribution in [2.45, 2.75) is 11.8 Å². The van der Waals surface area contributed by atoms with Crippen molar-refractivity contribution in [1.29, 1.82) is 5.26 Å². The lowest BCUT2D eigenvalue weighted by atomic mass is 10.1. The van der Waals surface area contributed by atoms with Gasteiger partial charge in [0, 0.05) is 5.56 Å². The van der Waals surface area contributed by atoms with E-state index in [0.717, 1.165) is 5.56 Å². The Balaban J connectivity index is 2.00. The molecule has 0 spiro atoms. The van der Waals surface area contributed by atoms with Crippen molar-refractivity contribution in [3.63, 3.8) is 0 Å². The van der Waals surface area contributed by atoms with E-state index in [9.17, 15) is 14.4 Å². The maximum absolute atomic E-state index is 13.0. The molecule has 1 aromatic heterocycles. The summed E-state index contributed by atoms with van der Waals surface area (Å²) in [7, 11) is 0. The van der Waals surface area contributed by atoms with Crippen LogP contribution in [0.5, 0.6) is 5.75 Å². The number of aromatic amines is 1. The summed E-state index contributed by atoms with van der Waals surface area (Å²) in [4.78, 5) is 19.1. The fourth-order valence-corrected chi connectivity index (χ4v) is 2.76. The van der Waals surface area contributed by atoms with Crippen LogP contribution in [0.2, 0.25) is 0 Å². The van der Waals surface area contributed by atoms with Crippen LogP contribution in [-0.2, 0) is 6.61 Å². The number of H-pyrrole nitrogens is 1. The second-order valence-electron chi connectivity index (χ2n) is 5.32. The molecule has 130 valence electrons. The molecule has 3 rings (SSSR count). The number of nitrogens with zero attached hydrogens (tertiary/aromatic N) is 2. The number of nitrogens with one attached hydrogen (secondary N) is 1. The van der Waals surface area contributed by atoms with Gasteiger partial charge in [-0.2, -0.15) is 5.26 Å². The molecule has 7 heteroatoms. The molecule has 0 fully saturated rings. The van der Waals surface area contributed by atoms with Gasteiger partial charge in [-0.25, -0.2) is 9.37 Å². The highest BCUT2D eigenvalue weighted by molar-refractivity contribution is 7.98. The first-order valence-electron chi connectivity index (χ1n) is 7.67. The van der Waals surface area contributed by atoms with E-state index in [1.165, 1.54) is 23.9 Å². The molecule has 0 aliphatic heterocycles. The number of aromatic nitrogens is 2. The third kappa shape index (κ3) is 3.76. The molecule has 0 aliphatic rings. The van der Waals surface area contributed by atoms with Crippen LogP contribution in [-0.4, -0.2) is 16.2 Å². The number of ether oxygens (including phenoxy) is 1. The maximum Gasteiger partial charge on any atom is 0.270 e. The summed E-state index contributed by atoms with van der Waals surface area (Å²) in [6.45, 7) is 0.220. The molecular weight excluding hydrogens is 353 g/mol. The lowest BCUT2D eigenvalue weighted by Crippen LogP contribution is -2.15. The molecule has 0 amide bonds. The van der Waals surface area contributed by atoms with E-state index in [2.05, 4.69) is 9.97 Å². The fraction of sp³-hybridized carbons (Fsp3) is 0.105. The zero-order chi connectivity index (χ0) is 18.5. The predicted octanol–water partition coefficient (Wildman–Crippen LogP) is 3.75. The van der Waals surface area contributed by atoms with E-state index >= 15 is 0 Å². The normalized spacial score (nSPS) is 10.3. The third-order valence-corrected chi connectivity index (χ3v) is 4.23. The Morgan fingerprint density at radius 1 is 1.23 bits per heavy atom. The van der Waals surface area contributed by atoms with Crippen molar-refractivity contribution in [3.05, 3.63) is 75.8 Å². The van der Waals surface area contributed by atoms with Crippen molar-refractivity contribution < 1.29 is 9.13 Å². The SMILES string of the molecule is CSc1nc(-c2ccccc2OCc2ccc(F)cc2)c(C#N)c(=O)[nH]1. The zero-order valence-electron chi connectivity index (χ0n) is 13.8. The summed E-state index contributed by atoms with van der Waals surface area (Å²) in [5.41, 5.74) is 1.06. The second kappa shape index (κ2) is 7.85. The topological polar surface area (TPSA) is 78.8 Å². The highest BCUT2D eigenvalue weighted by Gasteiger charge is 2.16. The van der Waals surface area contributed by atoms with Crippen LogP contribution >= 0.6 is 11.8 Å². The molecule has 1 N–H and O–H groups in total. The van der Waals surface area contributed by atoms with E-state index in [1.807, 2.05) is 6.07 Å². The van der Waals surface area contributed by atoms with Gasteiger partial charge >= 0.3 is 0 Å². The fourth-order valence-electron chi connectivity index (χ4n) is 2.38. The number of hydrogen-bond donors (Lipinski definition) is 1. The third-order valence-electron chi connectivity index (χ3n) is 3.65. The highest BCUT2D eigenvalue weighted by atomic mass is 32.2. The summed E-state index contributed by atoms with van der Waals surface area (Å²) < 4.78 is 18.9. The second-order valence-corrected chi connectivity index (χ2v) is 6.12. The molecule has 0 radical (unpaired) electrons. The Labute approximate surface area is 153 Å². The van der Waals surface area contributed by atoms with Crippen molar-refractivity contribution in [3.8, 4) is 23.1 Å². The van der Waals surface area contributed by atoms with E-state index in [0.29, 0.717) is 16.5 Å². The van der Waals surface area contributed by atoms with Crippen molar-refractivity contribution in [1.82, 2.24) is 9.97 Å². The molecule has 0 unspecified atom stereocenters. The molecule has 0 bridgehead atoms. The van der Waals surface area contributed by atoms with Gasteiger partial charge in [-0.05, 0) is 36.1 Å². The molecule has 1 heterocycles. The molecule has 3 aromatic rings. The van der Waals surface area contributed by atoms with Gasteiger partial charge in [-0.1, -0.05) is 36.0 Å². The van der Waals surface area contributed by atoms with Crippen LogP contribution in [0.15, 0.2) is 58.5 Å². The minimum Gasteiger partial charge on any atom is -0.488 e. The number of para-hydroxylation sites is 1. The van der Waals surface area contributed by atoms with E-state index in [4.69, 9.17) is 4.74 Å². The Hall–Kier alpha value is -3.11. The molecule has 0 saturated heterocycles. The highest BCUT2D eigenvalue weighted by Crippen LogP contribution is 2.31. The lowest BCUT2D eigenvalue weighted by Gasteiger charge is -2.12. The maximum atomic E-state index is 13.0. The largest absolute Gasteiger partial charge is 0.488 e. The Bertz CT molecular complexity index is 1030. The average molecular weight is 367 g/mol. The van der Waals surface area contributed by atoms with Gasteiger partial charge in [0.1, 0.15) is 35.5 Å². The zero-order valence-corrected chi connectivity index (χ0v) is 14.6. The minimum absolute atomic E-state index is 0.0689. The first kappa shape index (κ1) is 17.7. The quantitative estimate of drug-likeness (QED) is 0.549. The van der Waals surface area contributed by atoms with Crippen LogP contribution in [0.25, 0.3) is 11.3 Å². The Morgan fingerprint density at radius 2 is 1.96 bits per heavy atom. The van der Waals surface area contributed by atoms with Crippen molar-refractivity contribution in [2.24, 2.45) is 0 Å². The Morgan fingerprint density at radius 3 is 2.65 bits per heavy atom. The number of nitriles is 1. The molecule has 0 atom stereocenters. The van der Waals surface area contributed by atoms with Crippen LogP contribution in [0.1, 0.15) is 11.1 Å². The summed E-state index contributed by atoms with van der Waals surface area (Å²) in [5.74, 6) is 0.170. The molecular formula is C19H14FN3O2S. The van der Waals surface area contributed by atoms with E-state index in [1.54, 1.807) is 42.7 Å². The molecule has 26 heavy (non-hydrogen) atoms. The molecule has 0 aliphatic carbocycles. The van der Waals surface area contributed by atoms with Gasteiger partial charge in [0.15, 0.2) is 5.16 Å². The number of thioether (sulfide) groups is 1. The van der Waals surface area contributed by atoms with Crippen LogP contribution in [0.3, 0.4) is 0 Å². The molecule has 5 nitrogen and oxygen atoms in total. The minimum atomic E-state index is -0.491. The standard InChI is InChI=1S/C19H14FN3O2S/c1-26-19-22-17(15(10-21)18(24)23-19)14-4-2-3-5-16(14)25-11-12-6-8-13(20)9-7-12/h2-9H,11H2,1H3,(H,22,23,24). The smallest absolute Gasteiger partial charge is 0.270 e. The average Bonchev–Trinajstić information content (AvgIpc) is 2.67. The number of halogens is 1. The van der Waals surface area contributed by atoms with Crippen LogP contribution in [0.4, 0.5) is 4.39 Å². The summed E-state index contributed by atoms with van der Waals surface area (Å²) >= 11 is 1.28. The van der Waals surface area contributed by atoms with Gasteiger partial charge < -0.3 is 9.72 Å². The van der Waals surface area contributed by atoms with Gasteiger partial charge in [0.05, 0.1) is 0 Å². The summed E-state index contributed by atoms with van der Waals surface area (Å²) in [5, 5.41) is 9.77. The van der Waals surface area contributed by atoms with Gasteiger partial charge in [0.25, 0.3) is 5.56 Å². The van der Waals surface area contributed by atoms with Crippen LogP contribution < -0.4 is 10.3 Å². The number of benzene rings is 2.